The minimum absolute atomic E-state index is 0.344. The van der Waals surface area contributed by atoms with Crippen LogP contribution in [0.4, 0.5) is 17.1 Å². The molecule has 0 radical (unpaired) electrons. The standard InChI is InChI=1S/C13H18ClN3O2/c1-13(2,3)11(18)10(14)12(19)17-9-5-7(15)4-8(16)6-9/h4-6,10H,15-16H2,1-3H3,(H,17,19). The van der Waals surface area contributed by atoms with Crippen LogP contribution in [0.15, 0.2) is 18.2 Å². The van der Waals surface area contributed by atoms with Gasteiger partial charge in [-0.3, -0.25) is 9.59 Å². The monoisotopic (exact) mass is 283 g/mol. The van der Waals surface area contributed by atoms with E-state index in [4.69, 9.17) is 23.1 Å². The Hall–Kier alpha value is -1.75. The normalized spacial score (nSPS) is 12.8. The van der Waals surface area contributed by atoms with Crippen LogP contribution >= 0.6 is 11.6 Å². The van der Waals surface area contributed by atoms with Crippen LogP contribution in [0, 0.1) is 5.41 Å². The van der Waals surface area contributed by atoms with Crippen molar-refractivity contribution in [2.45, 2.75) is 26.1 Å². The molecule has 5 nitrogen and oxygen atoms in total. The van der Waals surface area contributed by atoms with E-state index in [9.17, 15) is 9.59 Å². The number of ketones is 1. The van der Waals surface area contributed by atoms with Gasteiger partial charge in [-0.2, -0.15) is 0 Å². The largest absolute Gasteiger partial charge is 0.399 e. The fourth-order valence-electron chi connectivity index (χ4n) is 1.45. The first-order chi connectivity index (χ1) is 8.61. The molecule has 0 spiro atoms. The molecule has 1 atom stereocenters. The summed E-state index contributed by atoms with van der Waals surface area (Å²) in [6.45, 7) is 5.11. The third-order valence-electron chi connectivity index (χ3n) is 2.44. The van der Waals surface area contributed by atoms with Crippen molar-refractivity contribution >= 4 is 40.4 Å². The second kappa shape index (κ2) is 5.48. The van der Waals surface area contributed by atoms with Gasteiger partial charge in [0.15, 0.2) is 11.2 Å². The van der Waals surface area contributed by atoms with E-state index >= 15 is 0 Å². The van der Waals surface area contributed by atoms with Gasteiger partial charge in [-0.05, 0) is 18.2 Å². The first kappa shape index (κ1) is 15.3. The van der Waals surface area contributed by atoms with Crippen molar-refractivity contribution in [1.29, 1.82) is 0 Å². The number of hydrogen-bond acceptors (Lipinski definition) is 4. The molecule has 1 aromatic rings. The average molecular weight is 284 g/mol. The molecular weight excluding hydrogens is 266 g/mol. The number of carbonyl (C=O) groups excluding carboxylic acids is 2. The Bertz CT molecular complexity index is 489. The summed E-state index contributed by atoms with van der Waals surface area (Å²) in [4.78, 5) is 23.8. The highest BCUT2D eigenvalue weighted by atomic mass is 35.5. The maximum atomic E-state index is 11.9. The van der Waals surface area contributed by atoms with Crippen LogP contribution in [0.2, 0.25) is 0 Å². The summed E-state index contributed by atoms with van der Waals surface area (Å²) in [6, 6.07) is 4.65. The second-order valence-corrected chi connectivity index (χ2v) is 5.79. The van der Waals surface area contributed by atoms with E-state index in [1.807, 2.05) is 0 Å². The molecule has 5 N–H and O–H groups in total. The van der Waals surface area contributed by atoms with Gasteiger partial charge >= 0.3 is 0 Å². The predicted molar refractivity (Wildman–Crippen MR) is 78.0 cm³/mol. The molecule has 0 aliphatic rings. The zero-order valence-corrected chi connectivity index (χ0v) is 11.9. The molecule has 0 aliphatic heterocycles. The number of Topliss-reactive ketones (excluding diaryl/α,β-unsaturated/α-hetero) is 1. The Morgan fingerprint density at radius 1 is 1.16 bits per heavy atom. The second-order valence-electron chi connectivity index (χ2n) is 5.35. The number of nitrogens with one attached hydrogen (secondary N) is 1. The fraction of sp³-hybridized carbons (Fsp3) is 0.385. The number of halogens is 1. The lowest BCUT2D eigenvalue weighted by molar-refractivity contribution is -0.130. The smallest absolute Gasteiger partial charge is 0.250 e. The van der Waals surface area contributed by atoms with Crippen LogP contribution in [0.1, 0.15) is 20.8 Å². The van der Waals surface area contributed by atoms with Crippen LogP contribution < -0.4 is 16.8 Å². The third-order valence-corrected chi connectivity index (χ3v) is 2.84. The summed E-state index contributed by atoms with van der Waals surface area (Å²) < 4.78 is 0. The Morgan fingerprint density at radius 3 is 2.05 bits per heavy atom. The predicted octanol–water partition coefficient (Wildman–Crippen LogP) is 2.01. The number of amides is 1. The van der Waals surface area contributed by atoms with Crippen molar-refractivity contribution in [3.8, 4) is 0 Å². The number of carbonyl (C=O) groups is 2. The molecule has 0 heterocycles. The van der Waals surface area contributed by atoms with Gasteiger partial charge in [0.05, 0.1) is 0 Å². The summed E-state index contributed by atoms with van der Waals surface area (Å²) in [5.41, 5.74) is 11.8. The van der Waals surface area contributed by atoms with E-state index in [1.165, 1.54) is 0 Å². The first-order valence-electron chi connectivity index (χ1n) is 5.76. The van der Waals surface area contributed by atoms with Gasteiger partial charge in [0, 0.05) is 22.5 Å². The van der Waals surface area contributed by atoms with Gasteiger partial charge in [-0.25, -0.2) is 0 Å². The highest BCUT2D eigenvalue weighted by molar-refractivity contribution is 6.43. The molecule has 0 bridgehead atoms. The number of anilines is 3. The number of rotatable bonds is 3. The average Bonchev–Trinajstić information content (AvgIpc) is 2.24. The number of benzene rings is 1. The maximum absolute atomic E-state index is 11.9. The number of nitrogen functional groups attached to an aromatic ring is 2. The molecule has 1 unspecified atom stereocenters. The lowest BCUT2D eigenvalue weighted by atomic mass is 9.88. The Balaban J connectivity index is 2.82. The zero-order chi connectivity index (χ0) is 14.8. The number of alkyl halides is 1. The highest BCUT2D eigenvalue weighted by Crippen LogP contribution is 2.22. The summed E-state index contributed by atoms with van der Waals surface area (Å²) in [6.07, 6.45) is 0. The van der Waals surface area contributed by atoms with Gasteiger partial charge in [0.25, 0.3) is 0 Å². The molecule has 0 saturated carbocycles. The van der Waals surface area contributed by atoms with Crippen LogP contribution in [-0.2, 0) is 9.59 Å². The number of hydrogen-bond donors (Lipinski definition) is 3. The van der Waals surface area contributed by atoms with Crippen LogP contribution in [0.5, 0.6) is 0 Å². The van der Waals surface area contributed by atoms with Crippen LogP contribution in [0.25, 0.3) is 0 Å². The SMILES string of the molecule is CC(C)(C)C(=O)C(Cl)C(=O)Nc1cc(N)cc(N)c1. The molecule has 104 valence electrons. The van der Waals surface area contributed by atoms with Crippen LogP contribution in [0.3, 0.4) is 0 Å². The molecule has 1 aromatic carbocycles. The summed E-state index contributed by atoms with van der Waals surface area (Å²) in [5, 5.41) is 1.28. The third kappa shape index (κ3) is 4.13. The summed E-state index contributed by atoms with van der Waals surface area (Å²) in [7, 11) is 0. The molecule has 0 saturated heterocycles. The van der Waals surface area contributed by atoms with E-state index in [0.717, 1.165) is 0 Å². The van der Waals surface area contributed by atoms with Gasteiger partial charge in [0.2, 0.25) is 5.91 Å². The van der Waals surface area contributed by atoms with Crippen molar-refractivity contribution < 1.29 is 9.59 Å². The first-order valence-corrected chi connectivity index (χ1v) is 6.20. The Kier molecular flexibility index (Phi) is 4.42. The van der Waals surface area contributed by atoms with Crippen molar-refractivity contribution in [2.75, 3.05) is 16.8 Å². The number of nitrogens with two attached hydrogens (primary N) is 2. The van der Waals surface area contributed by atoms with Crippen molar-refractivity contribution in [3.63, 3.8) is 0 Å². The van der Waals surface area contributed by atoms with E-state index in [2.05, 4.69) is 5.32 Å². The van der Waals surface area contributed by atoms with E-state index < -0.39 is 16.7 Å². The van der Waals surface area contributed by atoms with Gasteiger partial charge in [-0.15, -0.1) is 11.6 Å². The molecule has 1 amide bonds. The van der Waals surface area contributed by atoms with Gasteiger partial charge in [0.1, 0.15) is 0 Å². The molecule has 0 fully saturated rings. The Labute approximate surface area is 117 Å². The highest BCUT2D eigenvalue weighted by Gasteiger charge is 2.33. The molecule has 6 heteroatoms. The molecular formula is C13H18ClN3O2. The molecule has 1 rings (SSSR count). The zero-order valence-electron chi connectivity index (χ0n) is 11.2. The van der Waals surface area contributed by atoms with Gasteiger partial charge < -0.3 is 16.8 Å². The van der Waals surface area contributed by atoms with E-state index in [0.29, 0.717) is 17.1 Å². The topological polar surface area (TPSA) is 98.2 Å². The van der Waals surface area contributed by atoms with Gasteiger partial charge in [-0.1, -0.05) is 20.8 Å². The lowest BCUT2D eigenvalue weighted by Gasteiger charge is -2.20. The molecule has 19 heavy (non-hydrogen) atoms. The van der Waals surface area contributed by atoms with Crippen molar-refractivity contribution in [3.05, 3.63) is 18.2 Å². The maximum Gasteiger partial charge on any atom is 0.250 e. The summed E-state index contributed by atoms with van der Waals surface area (Å²) in [5.74, 6) is -0.935. The van der Waals surface area contributed by atoms with E-state index in [-0.39, 0.29) is 5.78 Å². The van der Waals surface area contributed by atoms with Crippen molar-refractivity contribution in [1.82, 2.24) is 0 Å². The van der Waals surface area contributed by atoms with Crippen molar-refractivity contribution in [2.24, 2.45) is 5.41 Å². The lowest BCUT2D eigenvalue weighted by Crippen LogP contribution is -2.37. The van der Waals surface area contributed by atoms with Crippen LogP contribution in [-0.4, -0.2) is 17.1 Å². The molecule has 0 aliphatic carbocycles. The summed E-state index contributed by atoms with van der Waals surface area (Å²) >= 11 is 5.87. The fourth-order valence-corrected chi connectivity index (χ4v) is 1.84. The minimum atomic E-state index is -1.25. The quantitative estimate of drug-likeness (QED) is 0.449. The minimum Gasteiger partial charge on any atom is -0.399 e. The van der Waals surface area contributed by atoms with E-state index in [1.54, 1.807) is 39.0 Å². The molecule has 0 aromatic heterocycles. The Morgan fingerprint density at radius 2 is 1.63 bits per heavy atom.